The second-order valence-corrected chi connectivity index (χ2v) is 4.75. The van der Waals surface area contributed by atoms with Gasteiger partial charge in [0.15, 0.2) is 5.65 Å². The van der Waals surface area contributed by atoms with E-state index in [4.69, 9.17) is 0 Å². The average molecular weight is 282 g/mol. The van der Waals surface area contributed by atoms with Gasteiger partial charge in [0.25, 0.3) is 0 Å². The lowest BCUT2D eigenvalue weighted by Crippen LogP contribution is -2.27. The highest BCUT2D eigenvalue weighted by Crippen LogP contribution is 2.21. The van der Waals surface area contributed by atoms with Crippen molar-refractivity contribution in [2.75, 3.05) is 11.9 Å². The summed E-state index contributed by atoms with van der Waals surface area (Å²) in [6.07, 6.45) is 1.52. The Hall–Kier alpha value is -2.89. The molecule has 0 unspecified atom stereocenters. The fraction of sp³-hybridized carbons (Fsp3) is 0.133. The standard InChI is InChI=1S/C15H14N4O2/c1-18(10-11-6-3-2-4-7-11)14-12-8-5-9-16-13(12)19(21)15(20)17-14/h2-9,21H,10H2,1H3. The average Bonchev–Trinajstić information content (AvgIpc) is 2.52. The molecule has 6 heteroatoms. The van der Waals surface area contributed by atoms with Crippen molar-refractivity contribution in [1.82, 2.24) is 14.7 Å². The molecule has 0 radical (unpaired) electrons. The zero-order valence-electron chi connectivity index (χ0n) is 11.5. The molecule has 0 saturated heterocycles. The van der Waals surface area contributed by atoms with Crippen LogP contribution in [0.1, 0.15) is 5.56 Å². The van der Waals surface area contributed by atoms with E-state index in [1.54, 1.807) is 12.1 Å². The molecule has 0 aliphatic rings. The van der Waals surface area contributed by atoms with Gasteiger partial charge in [0, 0.05) is 19.8 Å². The minimum atomic E-state index is -0.740. The summed E-state index contributed by atoms with van der Waals surface area (Å²) in [6, 6.07) is 13.4. The molecule has 0 atom stereocenters. The van der Waals surface area contributed by atoms with Gasteiger partial charge in [0.05, 0.1) is 5.39 Å². The molecule has 0 saturated carbocycles. The van der Waals surface area contributed by atoms with Crippen LogP contribution in [-0.2, 0) is 6.54 Å². The topological polar surface area (TPSA) is 71.2 Å². The Morgan fingerprint density at radius 3 is 2.71 bits per heavy atom. The van der Waals surface area contributed by atoms with Gasteiger partial charge in [-0.2, -0.15) is 4.98 Å². The molecule has 0 amide bonds. The summed E-state index contributed by atoms with van der Waals surface area (Å²) >= 11 is 0. The zero-order chi connectivity index (χ0) is 14.8. The lowest BCUT2D eigenvalue weighted by atomic mass is 10.2. The van der Waals surface area contributed by atoms with E-state index in [1.165, 1.54) is 6.20 Å². The Kier molecular flexibility index (Phi) is 3.27. The van der Waals surface area contributed by atoms with Gasteiger partial charge in [0.1, 0.15) is 5.82 Å². The van der Waals surface area contributed by atoms with Gasteiger partial charge in [-0.3, -0.25) is 0 Å². The van der Waals surface area contributed by atoms with Gasteiger partial charge in [-0.15, -0.1) is 4.73 Å². The molecule has 0 bridgehead atoms. The molecule has 0 fully saturated rings. The lowest BCUT2D eigenvalue weighted by molar-refractivity contribution is 0.182. The second kappa shape index (κ2) is 5.24. The number of pyridine rings is 1. The van der Waals surface area contributed by atoms with Crippen LogP contribution in [0.25, 0.3) is 11.0 Å². The largest absolute Gasteiger partial charge is 0.422 e. The van der Waals surface area contributed by atoms with Crippen LogP contribution in [0.4, 0.5) is 5.82 Å². The summed E-state index contributed by atoms with van der Waals surface area (Å²) in [5.41, 5.74) is 0.565. The highest BCUT2D eigenvalue weighted by molar-refractivity contribution is 5.86. The van der Waals surface area contributed by atoms with Crippen molar-refractivity contribution in [1.29, 1.82) is 0 Å². The fourth-order valence-corrected chi connectivity index (χ4v) is 2.25. The van der Waals surface area contributed by atoms with Crippen molar-refractivity contribution in [2.45, 2.75) is 6.54 Å². The van der Waals surface area contributed by atoms with E-state index < -0.39 is 5.69 Å². The SMILES string of the molecule is CN(Cc1ccccc1)c1nc(=O)n(O)c2ncccc12. The number of hydrogen-bond donors (Lipinski definition) is 1. The Labute approximate surface area is 120 Å². The fourth-order valence-electron chi connectivity index (χ4n) is 2.25. The lowest BCUT2D eigenvalue weighted by Gasteiger charge is -2.19. The van der Waals surface area contributed by atoms with E-state index in [9.17, 15) is 10.0 Å². The minimum absolute atomic E-state index is 0.201. The van der Waals surface area contributed by atoms with E-state index in [0.29, 0.717) is 22.5 Å². The first kappa shape index (κ1) is 13.1. The van der Waals surface area contributed by atoms with Crippen molar-refractivity contribution >= 4 is 16.9 Å². The third-order valence-corrected chi connectivity index (χ3v) is 3.24. The van der Waals surface area contributed by atoms with Gasteiger partial charge in [-0.05, 0) is 17.7 Å². The van der Waals surface area contributed by atoms with E-state index in [1.807, 2.05) is 42.3 Å². The van der Waals surface area contributed by atoms with Crippen molar-refractivity contribution in [3.05, 3.63) is 64.7 Å². The van der Waals surface area contributed by atoms with Crippen molar-refractivity contribution < 1.29 is 5.21 Å². The summed E-state index contributed by atoms with van der Waals surface area (Å²) < 4.78 is 0.467. The zero-order valence-corrected chi connectivity index (χ0v) is 11.5. The number of hydrogen-bond acceptors (Lipinski definition) is 5. The number of aromatic nitrogens is 3. The first-order valence-corrected chi connectivity index (χ1v) is 6.49. The molecule has 2 heterocycles. The highest BCUT2D eigenvalue weighted by Gasteiger charge is 2.14. The van der Waals surface area contributed by atoms with Crippen LogP contribution in [0, 0.1) is 0 Å². The molecule has 2 aromatic heterocycles. The number of rotatable bonds is 3. The maximum absolute atomic E-state index is 11.7. The summed E-state index contributed by atoms with van der Waals surface area (Å²) in [5, 5.41) is 10.3. The van der Waals surface area contributed by atoms with Crippen molar-refractivity contribution in [3.8, 4) is 0 Å². The molecule has 0 aliphatic carbocycles. The first-order valence-electron chi connectivity index (χ1n) is 6.49. The molecule has 21 heavy (non-hydrogen) atoms. The van der Waals surface area contributed by atoms with Crippen LogP contribution in [0.2, 0.25) is 0 Å². The van der Waals surface area contributed by atoms with E-state index in [0.717, 1.165) is 5.56 Å². The Morgan fingerprint density at radius 2 is 1.95 bits per heavy atom. The van der Waals surface area contributed by atoms with Gasteiger partial charge in [-0.1, -0.05) is 30.3 Å². The summed E-state index contributed by atoms with van der Waals surface area (Å²) in [6.45, 7) is 0.604. The maximum atomic E-state index is 11.7. The quantitative estimate of drug-likeness (QED) is 0.740. The van der Waals surface area contributed by atoms with Crippen LogP contribution in [0.15, 0.2) is 53.5 Å². The number of fused-ring (bicyclic) bond motifs is 1. The smallest absolute Gasteiger partial charge is 0.384 e. The van der Waals surface area contributed by atoms with Crippen LogP contribution in [0.3, 0.4) is 0 Å². The van der Waals surface area contributed by atoms with E-state index >= 15 is 0 Å². The van der Waals surface area contributed by atoms with Crippen LogP contribution < -0.4 is 10.6 Å². The molecular weight excluding hydrogens is 268 g/mol. The highest BCUT2D eigenvalue weighted by atomic mass is 16.5. The number of nitrogens with zero attached hydrogens (tertiary/aromatic N) is 4. The van der Waals surface area contributed by atoms with E-state index in [-0.39, 0.29) is 5.65 Å². The third-order valence-electron chi connectivity index (χ3n) is 3.24. The molecule has 0 spiro atoms. The van der Waals surface area contributed by atoms with Crippen molar-refractivity contribution in [2.24, 2.45) is 0 Å². The monoisotopic (exact) mass is 282 g/mol. The van der Waals surface area contributed by atoms with Gasteiger partial charge >= 0.3 is 5.69 Å². The van der Waals surface area contributed by atoms with Crippen LogP contribution >= 0.6 is 0 Å². The van der Waals surface area contributed by atoms with Gasteiger partial charge in [-0.25, -0.2) is 9.78 Å². The molecule has 106 valence electrons. The first-order chi connectivity index (χ1) is 10.2. The third kappa shape index (κ3) is 2.43. The molecule has 1 aromatic carbocycles. The maximum Gasteiger partial charge on any atom is 0.384 e. The molecule has 3 rings (SSSR count). The number of benzene rings is 1. The Balaban J connectivity index is 2.08. The van der Waals surface area contributed by atoms with Crippen molar-refractivity contribution in [3.63, 3.8) is 0 Å². The van der Waals surface area contributed by atoms with Gasteiger partial charge < -0.3 is 10.1 Å². The Morgan fingerprint density at radius 1 is 1.19 bits per heavy atom. The van der Waals surface area contributed by atoms with Crippen LogP contribution in [0.5, 0.6) is 0 Å². The minimum Gasteiger partial charge on any atom is -0.422 e. The summed E-state index contributed by atoms with van der Waals surface area (Å²) in [4.78, 5) is 21.6. The summed E-state index contributed by atoms with van der Waals surface area (Å²) in [7, 11) is 1.85. The number of anilines is 1. The second-order valence-electron chi connectivity index (χ2n) is 4.75. The Bertz CT molecular complexity index is 830. The predicted molar refractivity (Wildman–Crippen MR) is 79.5 cm³/mol. The molecule has 3 aromatic rings. The van der Waals surface area contributed by atoms with E-state index in [2.05, 4.69) is 9.97 Å². The molecular formula is C15H14N4O2. The van der Waals surface area contributed by atoms with Gasteiger partial charge in [0.2, 0.25) is 0 Å². The molecule has 0 aliphatic heterocycles. The summed E-state index contributed by atoms with van der Waals surface area (Å²) in [5.74, 6) is 0.497. The normalized spacial score (nSPS) is 10.7. The molecule has 6 nitrogen and oxygen atoms in total. The molecule has 1 N–H and O–H groups in total. The van der Waals surface area contributed by atoms with Crippen LogP contribution in [-0.4, -0.2) is 27.0 Å². The predicted octanol–water partition coefficient (Wildman–Crippen LogP) is 1.67.